The molecule has 1 aliphatic rings. The van der Waals surface area contributed by atoms with Crippen LogP contribution in [0.3, 0.4) is 0 Å². The lowest BCUT2D eigenvalue weighted by Gasteiger charge is -2.13. The molecule has 5 rings (SSSR count). The maximum absolute atomic E-state index is 12.4. The van der Waals surface area contributed by atoms with Crippen LogP contribution >= 0.6 is 22.9 Å². The van der Waals surface area contributed by atoms with E-state index in [-0.39, 0.29) is 36.6 Å². The van der Waals surface area contributed by atoms with Crippen LogP contribution in [0.2, 0.25) is 5.02 Å². The van der Waals surface area contributed by atoms with E-state index in [1.165, 1.54) is 16.2 Å². The Labute approximate surface area is 191 Å². The highest BCUT2D eigenvalue weighted by atomic mass is 35.5. The number of hydrogen-bond donors (Lipinski definition) is 1. The number of imide groups is 1. The molecule has 4 aromatic rings. The summed E-state index contributed by atoms with van der Waals surface area (Å²) in [5, 5.41) is 9.65. The average molecular weight is 466 g/mol. The maximum Gasteiger partial charge on any atom is 0.261 e. The average Bonchev–Trinajstić information content (AvgIpc) is 3.43. The highest BCUT2D eigenvalue weighted by Crippen LogP contribution is 2.27. The zero-order valence-corrected chi connectivity index (χ0v) is 18.2. The van der Waals surface area contributed by atoms with Crippen LogP contribution in [-0.4, -0.2) is 43.8 Å². The molecule has 0 atom stereocenters. The Morgan fingerprint density at radius 1 is 1.03 bits per heavy atom. The second kappa shape index (κ2) is 8.18. The van der Waals surface area contributed by atoms with Crippen LogP contribution in [0, 0.1) is 0 Å². The molecule has 0 radical (unpaired) electrons. The van der Waals surface area contributed by atoms with Gasteiger partial charge < -0.3 is 0 Å². The number of fused-ring (bicyclic) bond motifs is 2. The van der Waals surface area contributed by atoms with Crippen LogP contribution in [0.5, 0.6) is 0 Å². The first kappa shape index (κ1) is 20.3. The van der Waals surface area contributed by atoms with Gasteiger partial charge in [-0.3, -0.25) is 24.6 Å². The van der Waals surface area contributed by atoms with Gasteiger partial charge in [-0.25, -0.2) is 4.52 Å². The van der Waals surface area contributed by atoms with E-state index in [0.29, 0.717) is 27.5 Å². The summed E-state index contributed by atoms with van der Waals surface area (Å²) in [5.74, 6) is -0.723. The predicted molar refractivity (Wildman–Crippen MR) is 121 cm³/mol. The van der Waals surface area contributed by atoms with E-state index in [1.54, 1.807) is 40.9 Å². The number of nitrogens with one attached hydrogen (secondary N) is 1. The summed E-state index contributed by atoms with van der Waals surface area (Å²) in [6.45, 7) is 0.173. The molecule has 0 fully saturated rings. The normalized spacial score (nSPS) is 13.1. The fraction of sp³-hybridized carbons (Fsp3) is 0.136. The number of carbonyl (C=O) groups excluding carboxylic acids is 3. The van der Waals surface area contributed by atoms with Crippen molar-refractivity contribution in [3.05, 3.63) is 70.1 Å². The summed E-state index contributed by atoms with van der Waals surface area (Å²) in [6.07, 6.45) is 0.472. The molecule has 160 valence electrons. The topological polar surface area (TPSA) is 96.7 Å². The van der Waals surface area contributed by atoms with E-state index in [1.807, 2.05) is 17.5 Å². The summed E-state index contributed by atoms with van der Waals surface area (Å²) >= 11 is 7.37. The lowest BCUT2D eigenvalue weighted by molar-refractivity contribution is -0.116. The predicted octanol–water partition coefficient (Wildman–Crippen LogP) is 4.13. The highest BCUT2D eigenvalue weighted by molar-refractivity contribution is 7.15. The van der Waals surface area contributed by atoms with Crippen molar-refractivity contribution in [2.75, 3.05) is 11.9 Å². The zero-order valence-electron chi connectivity index (χ0n) is 16.6. The summed E-state index contributed by atoms with van der Waals surface area (Å²) < 4.78 is 1.67. The number of hydrogen-bond acceptors (Lipinski definition) is 6. The Kier molecular flexibility index (Phi) is 5.20. The number of amides is 3. The number of nitrogens with zero attached hydrogens (tertiary/aromatic N) is 4. The lowest BCUT2D eigenvalue weighted by Crippen LogP contribution is -2.31. The molecule has 0 spiro atoms. The lowest BCUT2D eigenvalue weighted by atomic mass is 10.1. The number of aromatic nitrogens is 3. The molecule has 8 nitrogen and oxygen atoms in total. The molecule has 1 aliphatic heterocycles. The van der Waals surface area contributed by atoms with E-state index in [4.69, 9.17) is 11.6 Å². The molecule has 0 unspecified atom stereocenters. The minimum Gasteiger partial charge on any atom is -0.293 e. The van der Waals surface area contributed by atoms with Crippen molar-refractivity contribution in [3.8, 4) is 11.3 Å². The molecule has 0 saturated heterocycles. The van der Waals surface area contributed by atoms with E-state index in [0.717, 1.165) is 11.3 Å². The first-order valence-electron chi connectivity index (χ1n) is 9.86. The van der Waals surface area contributed by atoms with Crippen LogP contribution < -0.4 is 5.32 Å². The molecule has 1 N–H and O–H groups in total. The van der Waals surface area contributed by atoms with E-state index < -0.39 is 0 Å². The summed E-state index contributed by atoms with van der Waals surface area (Å²) in [6, 6.07) is 14.1. The zero-order chi connectivity index (χ0) is 22.2. The number of rotatable bonds is 6. The molecule has 2 aromatic heterocycles. The second-order valence-corrected chi connectivity index (χ2v) is 8.49. The van der Waals surface area contributed by atoms with Gasteiger partial charge in [0.05, 0.1) is 16.8 Å². The van der Waals surface area contributed by atoms with Gasteiger partial charge in [0.1, 0.15) is 0 Å². The fourth-order valence-corrected chi connectivity index (χ4v) is 4.54. The Morgan fingerprint density at radius 3 is 2.41 bits per heavy atom. The maximum atomic E-state index is 12.4. The smallest absolute Gasteiger partial charge is 0.261 e. The van der Waals surface area contributed by atoms with Crippen molar-refractivity contribution in [3.63, 3.8) is 0 Å². The Morgan fingerprint density at radius 2 is 1.72 bits per heavy atom. The molecule has 3 amide bonds. The van der Waals surface area contributed by atoms with Gasteiger partial charge in [0.25, 0.3) is 11.8 Å². The number of halogens is 1. The first-order valence-corrected chi connectivity index (χ1v) is 11.1. The molecular weight excluding hydrogens is 450 g/mol. The number of benzene rings is 2. The Hall–Kier alpha value is -3.56. The number of anilines is 1. The quantitative estimate of drug-likeness (QED) is 0.432. The van der Waals surface area contributed by atoms with E-state index in [9.17, 15) is 14.4 Å². The molecule has 0 saturated carbocycles. The summed E-state index contributed by atoms with van der Waals surface area (Å²) in [7, 11) is 0. The Bertz CT molecular complexity index is 1330. The van der Waals surface area contributed by atoms with Crippen LogP contribution in [0.4, 0.5) is 5.95 Å². The minimum atomic E-state index is -0.322. The van der Waals surface area contributed by atoms with Crippen molar-refractivity contribution < 1.29 is 14.4 Å². The third-order valence-electron chi connectivity index (χ3n) is 5.14. The third-order valence-corrected chi connectivity index (χ3v) is 6.20. The Balaban J connectivity index is 1.20. The van der Waals surface area contributed by atoms with Gasteiger partial charge in [-0.1, -0.05) is 35.9 Å². The van der Waals surface area contributed by atoms with E-state index >= 15 is 0 Å². The van der Waals surface area contributed by atoms with Crippen molar-refractivity contribution in [1.82, 2.24) is 19.5 Å². The largest absolute Gasteiger partial charge is 0.293 e. The molecule has 0 aliphatic carbocycles. The number of thiazole rings is 1. The summed E-state index contributed by atoms with van der Waals surface area (Å²) in [4.78, 5) is 43.3. The molecular formula is C22H16ClN5O3S. The van der Waals surface area contributed by atoms with Crippen LogP contribution in [-0.2, 0) is 4.79 Å². The van der Waals surface area contributed by atoms with Gasteiger partial charge in [0, 0.05) is 28.9 Å². The van der Waals surface area contributed by atoms with Gasteiger partial charge in [0.15, 0.2) is 0 Å². The highest BCUT2D eigenvalue weighted by Gasteiger charge is 2.34. The molecule has 32 heavy (non-hydrogen) atoms. The van der Waals surface area contributed by atoms with Crippen molar-refractivity contribution in [2.24, 2.45) is 0 Å². The van der Waals surface area contributed by atoms with Gasteiger partial charge in [-0.15, -0.1) is 16.4 Å². The third kappa shape index (κ3) is 3.65. The van der Waals surface area contributed by atoms with Crippen molar-refractivity contribution in [1.29, 1.82) is 0 Å². The summed E-state index contributed by atoms with van der Waals surface area (Å²) in [5.41, 5.74) is 2.59. The van der Waals surface area contributed by atoms with Crippen LogP contribution in [0.25, 0.3) is 16.2 Å². The minimum absolute atomic E-state index is 0.129. The van der Waals surface area contributed by atoms with Crippen LogP contribution in [0.15, 0.2) is 53.9 Å². The van der Waals surface area contributed by atoms with Gasteiger partial charge in [-0.2, -0.15) is 4.98 Å². The SMILES string of the molecule is O=C(CCCN1C(=O)c2ccccc2C1=O)Nc1nc2scc(-c3ccc(Cl)cc3)n2n1. The van der Waals surface area contributed by atoms with E-state index in [2.05, 4.69) is 15.4 Å². The molecule has 0 bridgehead atoms. The molecule has 10 heteroatoms. The molecule has 2 aromatic carbocycles. The van der Waals surface area contributed by atoms with Crippen molar-refractivity contribution in [2.45, 2.75) is 12.8 Å². The first-order chi connectivity index (χ1) is 15.5. The van der Waals surface area contributed by atoms with Gasteiger partial charge >= 0.3 is 0 Å². The van der Waals surface area contributed by atoms with Gasteiger partial charge in [-0.05, 0) is 30.7 Å². The molecule has 3 heterocycles. The van der Waals surface area contributed by atoms with Gasteiger partial charge in [0.2, 0.25) is 16.8 Å². The van der Waals surface area contributed by atoms with Crippen LogP contribution in [0.1, 0.15) is 33.6 Å². The number of carbonyl (C=O) groups is 3. The standard InChI is InChI=1S/C22H16ClN5O3S/c23-14-9-7-13(8-10-14)17-12-32-22-25-21(26-28(17)22)24-18(29)6-3-11-27-19(30)15-4-1-2-5-16(15)20(27)31/h1-2,4-5,7-10,12H,3,6,11H2,(H,24,26,29). The van der Waals surface area contributed by atoms with Crippen molar-refractivity contribution >= 4 is 51.6 Å². The second-order valence-electron chi connectivity index (χ2n) is 7.22. The monoisotopic (exact) mass is 465 g/mol. The fourth-order valence-electron chi connectivity index (χ4n) is 3.58.